The van der Waals surface area contributed by atoms with Crippen molar-refractivity contribution in [2.45, 2.75) is 26.9 Å². The molecule has 2 heterocycles. The molecule has 0 radical (unpaired) electrons. The Morgan fingerprint density at radius 1 is 1.25 bits per heavy atom. The van der Waals surface area contributed by atoms with Gasteiger partial charge in [-0.3, -0.25) is 4.79 Å². The van der Waals surface area contributed by atoms with Crippen LogP contribution in [0.4, 0.5) is 0 Å². The van der Waals surface area contributed by atoms with E-state index in [9.17, 15) is 4.79 Å². The highest BCUT2D eigenvalue weighted by atomic mass is 16.1. The fraction of sp³-hybridized carbons (Fsp3) is 0.267. The Bertz CT molecular complexity index is 816. The summed E-state index contributed by atoms with van der Waals surface area (Å²) < 4.78 is 4.11. The number of hydrogen-bond acceptors (Lipinski definition) is 3. The molecule has 102 valence electrons. The molecule has 0 atom stereocenters. The molecule has 0 amide bonds. The van der Waals surface area contributed by atoms with E-state index in [2.05, 4.69) is 21.7 Å². The van der Waals surface area contributed by atoms with Gasteiger partial charge >= 0.3 is 0 Å². The van der Waals surface area contributed by atoms with Gasteiger partial charge in [-0.05, 0) is 26.0 Å². The molecular formula is C15H16N4O. The maximum atomic E-state index is 12.0. The van der Waals surface area contributed by atoms with Gasteiger partial charge in [0.15, 0.2) is 11.3 Å². The summed E-state index contributed by atoms with van der Waals surface area (Å²) >= 11 is 0. The number of para-hydroxylation sites is 1. The summed E-state index contributed by atoms with van der Waals surface area (Å²) in [5.41, 5.74) is 1.92. The topological polar surface area (TPSA) is 52.7 Å². The van der Waals surface area contributed by atoms with Crippen LogP contribution in [0.2, 0.25) is 0 Å². The van der Waals surface area contributed by atoms with Crippen LogP contribution in [0.25, 0.3) is 10.9 Å². The van der Waals surface area contributed by atoms with Gasteiger partial charge in [0.05, 0.1) is 12.1 Å². The molecule has 0 fully saturated rings. The van der Waals surface area contributed by atoms with Crippen molar-refractivity contribution in [3.63, 3.8) is 0 Å². The molecule has 5 nitrogen and oxygen atoms in total. The van der Waals surface area contributed by atoms with E-state index in [4.69, 9.17) is 0 Å². The SMILES string of the molecule is CCn1cnnc1Cn1c(C)cc(=O)c2ccccc21. The average Bonchev–Trinajstić information content (AvgIpc) is 2.90. The van der Waals surface area contributed by atoms with Crippen LogP contribution in [0.15, 0.2) is 41.5 Å². The van der Waals surface area contributed by atoms with Crippen molar-refractivity contribution < 1.29 is 0 Å². The lowest BCUT2D eigenvalue weighted by Gasteiger charge is -2.14. The van der Waals surface area contributed by atoms with Crippen LogP contribution >= 0.6 is 0 Å². The number of nitrogens with zero attached hydrogens (tertiary/aromatic N) is 4. The summed E-state index contributed by atoms with van der Waals surface area (Å²) in [6.45, 7) is 5.45. The van der Waals surface area contributed by atoms with Crippen LogP contribution in [0.3, 0.4) is 0 Å². The first-order chi connectivity index (χ1) is 9.70. The van der Waals surface area contributed by atoms with Crippen LogP contribution in [0.1, 0.15) is 18.4 Å². The third-order valence-electron chi connectivity index (χ3n) is 3.56. The van der Waals surface area contributed by atoms with Crippen molar-refractivity contribution in [1.29, 1.82) is 0 Å². The molecule has 20 heavy (non-hydrogen) atoms. The molecule has 5 heteroatoms. The molecule has 0 spiro atoms. The van der Waals surface area contributed by atoms with E-state index in [1.807, 2.05) is 35.8 Å². The van der Waals surface area contributed by atoms with E-state index in [0.29, 0.717) is 6.54 Å². The van der Waals surface area contributed by atoms with Crippen molar-refractivity contribution in [1.82, 2.24) is 19.3 Å². The Morgan fingerprint density at radius 3 is 2.85 bits per heavy atom. The standard InChI is InChI=1S/C15H16N4O/c1-3-18-10-16-17-15(18)9-19-11(2)8-14(20)12-6-4-5-7-13(12)19/h4-8,10H,3,9H2,1-2H3. The Labute approximate surface area is 116 Å². The van der Waals surface area contributed by atoms with Gasteiger partial charge < -0.3 is 9.13 Å². The van der Waals surface area contributed by atoms with Crippen molar-refractivity contribution >= 4 is 10.9 Å². The monoisotopic (exact) mass is 268 g/mol. The molecule has 0 saturated carbocycles. The van der Waals surface area contributed by atoms with Gasteiger partial charge in [-0.15, -0.1) is 10.2 Å². The Balaban J connectivity index is 2.19. The highest BCUT2D eigenvalue weighted by Gasteiger charge is 2.09. The quantitative estimate of drug-likeness (QED) is 0.729. The number of pyridine rings is 1. The second-order valence-corrected chi connectivity index (χ2v) is 4.79. The van der Waals surface area contributed by atoms with E-state index in [-0.39, 0.29) is 5.43 Å². The minimum Gasteiger partial charge on any atom is -0.337 e. The van der Waals surface area contributed by atoms with Crippen LogP contribution in [-0.2, 0) is 13.1 Å². The highest BCUT2D eigenvalue weighted by Crippen LogP contribution is 2.14. The zero-order valence-corrected chi connectivity index (χ0v) is 11.6. The maximum absolute atomic E-state index is 12.0. The normalized spacial score (nSPS) is 11.1. The van der Waals surface area contributed by atoms with Gasteiger partial charge in [0, 0.05) is 23.7 Å². The summed E-state index contributed by atoms with van der Waals surface area (Å²) in [6, 6.07) is 9.34. The van der Waals surface area contributed by atoms with Crippen LogP contribution < -0.4 is 5.43 Å². The number of rotatable bonds is 3. The first-order valence-corrected chi connectivity index (χ1v) is 6.66. The molecule has 0 saturated heterocycles. The van der Waals surface area contributed by atoms with E-state index in [0.717, 1.165) is 29.0 Å². The zero-order valence-electron chi connectivity index (χ0n) is 11.6. The number of hydrogen-bond donors (Lipinski definition) is 0. The summed E-state index contributed by atoms with van der Waals surface area (Å²) in [5, 5.41) is 8.86. The van der Waals surface area contributed by atoms with Gasteiger partial charge in [-0.1, -0.05) is 12.1 Å². The lowest BCUT2D eigenvalue weighted by Crippen LogP contribution is -2.15. The summed E-state index contributed by atoms with van der Waals surface area (Å²) in [5.74, 6) is 0.893. The van der Waals surface area contributed by atoms with E-state index < -0.39 is 0 Å². The van der Waals surface area contributed by atoms with E-state index in [1.165, 1.54) is 0 Å². The molecular weight excluding hydrogens is 252 g/mol. The molecule has 2 aromatic heterocycles. The van der Waals surface area contributed by atoms with Crippen molar-refractivity contribution in [2.75, 3.05) is 0 Å². The number of benzene rings is 1. The Hall–Kier alpha value is -2.43. The predicted octanol–water partition coefficient (Wildman–Crippen LogP) is 1.97. The molecule has 0 unspecified atom stereocenters. The molecule has 0 aliphatic heterocycles. The summed E-state index contributed by atoms with van der Waals surface area (Å²) in [7, 11) is 0. The minimum atomic E-state index is 0.0614. The molecule has 1 aromatic carbocycles. The molecule has 0 N–H and O–H groups in total. The van der Waals surface area contributed by atoms with Gasteiger partial charge in [0.25, 0.3) is 0 Å². The average molecular weight is 268 g/mol. The van der Waals surface area contributed by atoms with Crippen molar-refractivity contribution in [2.24, 2.45) is 0 Å². The summed E-state index contributed by atoms with van der Waals surface area (Å²) in [4.78, 5) is 12.0. The van der Waals surface area contributed by atoms with Gasteiger partial charge in [0.1, 0.15) is 6.33 Å². The molecule has 0 aliphatic rings. The zero-order chi connectivity index (χ0) is 14.1. The Morgan fingerprint density at radius 2 is 2.05 bits per heavy atom. The number of fused-ring (bicyclic) bond motifs is 1. The van der Waals surface area contributed by atoms with Crippen molar-refractivity contribution in [3.05, 3.63) is 58.4 Å². The smallest absolute Gasteiger partial charge is 0.189 e. The predicted molar refractivity (Wildman–Crippen MR) is 77.7 cm³/mol. The number of aryl methyl sites for hydroxylation is 2. The fourth-order valence-electron chi connectivity index (χ4n) is 2.47. The van der Waals surface area contributed by atoms with Gasteiger partial charge in [-0.2, -0.15) is 0 Å². The third-order valence-corrected chi connectivity index (χ3v) is 3.56. The van der Waals surface area contributed by atoms with Gasteiger partial charge in [0.2, 0.25) is 0 Å². The molecule has 3 rings (SSSR count). The van der Waals surface area contributed by atoms with E-state index in [1.54, 1.807) is 12.4 Å². The number of aromatic nitrogens is 4. The second kappa shape index (κ2) is 4.92. The molecule has 0 bridgehead atoms. The van der Waals surface area contributed by atoms with Gasteiger partial charge in [-0.25, -0.2) is 0 Å². The first-order valence-electron chi connectivity index (χ1n) is 6.66. The maximum Gasteiger partial charge on any atom is 0.189 e. The minimum absolute atomic E-state index is 0.0614. The lowest BCUT2D eigenvalue weighted by atomic mass is 10.2. The van der Waals surface area contributed by atoms with Crippen LogP contribution in [0, 0.1) is 6.92 Å². The van der Waals surface area contributed by atoms with E-state index >= 15 is 0 Å². The molecule has 3 aromatic rings. The van der Waals surface area contributed by atoms with Crippen LogP contribution in [-0.4, -0.2) is 19.3 Å². The molecule has 0 aliphatic carbocycles. The first kappa shape index (κ1) is 12.6. The highest BCUT2D eigenvalue weighted by molar-refractivity contribution is 5.79. The second-order valence-electron chi connectivity index (χ2n) is 4.79. The third kappa shape index (κ3) is 2.01. The Kier molecular flexibility index (Phi) is 3.10. The van der Waals surface area contributed by atoms with Crippen LogP contribution in [0.5, 0.6) is 0 Å². The largest absolute Gasteiger partial charge is 0.337 e. The van der Waals surface area contributed by atoms with Crippen molar-refractivity contribution in [3.8, 4) is 0 Å². The summed E-state index contributed by atoms with van der Waals surface area (Å²) in [6.07, 6.45) is 1.73. The fourth-order valence-corrected chi connectivity index (χ4v) is 2.47. The lowest BCUT2D eigenvalue weighted by molar-refractivity contribution is 0.651.